The first-order valence-corrected chi connectivity index (χ1v) is 4.66. The molecule has 5 nitrogen and oxygen atoms in total. The minimum Gasteiger partial charge on any atom is -0.444 e. The highest BCUT2D eigenvalue weighted by Gasteiger charge is 2.43. The van der Waals surface area contributed by atoms with E-state index in [-0.39, 0.29) is 32.0 Å². The van der Waals surface area contributed by atoms with E-state index in [4.69, 9.17) is 10.5 Å². The van der Waals surface area contributed by atoms with Crippen LogP contribution in [0.15, 0.2) is 0 Å². The van der Waals surface area contributed by atoms with Crippen molar-refractivity contribution in [1.29, 1.82) is 0 Å². The quantitative estimate of drug-likeness (QED) is 0.691. The van der Waals surface area contributed by atoms with Gasteiger partial charge < -0.3 is 20.5 Å². The number of nitrogens with two attached hydrogens (primary N) is 1. The third-order valence-corrected chi connectivity index (χ3v) is 2.00. The summed E-state index contributed by atoms with van der Waals surface area (Å²) in [6.07, 6.45) is -0.393. The molecule has 6 heteroatoms. The van der Waals surface area contributed by atoms with Crippen molar-refractivity contribution < 1.29 is 14.6 Å². The molecule has 90 valence electrons. The Balaban J connectivity index is 0.00000196. The number of likely N-dealkylation sites (tertiary alicyclic amines) is 1. The van der Waals surface area contributed by atoms with Crippen molar-refractivity contribution in [2.75, 3.05) is 19.6 Å². The van der Waals surface area contributed by atoms with Crippen LogP contribution in [0.3, 0.4) is 0 Å². The van der Waals surface area contributed by atoms with Gasteiger partial charge in [0, 0.05) is 6.54 Å². The van der Waals surface area contributed by atoms with Gasteiger partial charge in [0.1, 0.15) is 11.2 Å². The van der Waals surface area contributed by atoms with Crippen LogP contribution >= 0.6 is 12.4 Å². The monoisotopic (exact) mass is 238 g/mol. The molecule has 0 radical (unpaired) electrons. The Morgan fingerprint density at radius 2 is 2.00 bits per heavy atom. The molecule has 0 aromatic heterocycles. The van der Waals surface area contributed by atoms with Gasteiger partial charge in [-0.25, -0.2) is 4.79 Å². The lowest BCUT2D eigenvalue weighted by atomic mass is 9.95. The van der Waals surface area contributed by atoms with Crippen LogP contribution < -0.4 is 5.73 Å². The molecule has 0 unspecified atom stereocenters. The minimum absolute atomic E-state index is 0. The maximum Gasteiger partial charge on any atom is 0.410 e. The minimum atomic E-state index is -0.906. The normalized spacial score (nSPS) is 18.9. The fourth-order valence-corrected chi connectivity index (χ4v) is 1.25. The van der Waals surface area contributed by atoms with Crippen molar-refractivity contribution in [1.82, 2.24) is 4.90 Å². The van der Waals surface area contributed by atoms with Crippen LogP contribution in [-0.4, -0.2) is 46.9 Å². The van der Waals surface area contributed by atoms with Gasteiger partial charge >= 0.3 is 6.09 Å². The Kier molecular flexibility index (Phi) is 4.39. The summed E-state index contributed by atoms with van der Waals surface area (Å²) in [5, 5.41) is 9.56. The third kappa shape index (κ3) is 3.85. The molecule has 1 aliphatic heterocycles. The lowest BCUT2D eigenvalue weighted by molar-refractivity contribution is -0.0918. The molecule has 0 aromatic rings. The molecular formula is C9H19ClN2O3. The Labute approximate surface area is 96.0 Å². The molecule has 0 bridgehead atoms. The van der Waals surface area contributed by atoms with E-state index in [1.54, 1.807) is 20.8 Å². The smallest absolute Gasteiger partial charge is 0.410 e. The second kappa shape index (κ2) is 4.55. The first-order valence-electron chi connectivity index (χ1n) is 4.66. The Morgan fingerprint density at radius 1 is 1.53 bits per heavy atom. The van der Waals surface area contributed by atoms with Gasteiger partial charge in [0.2, 0.25) is 0 Å². The van der Waals surface area contributed by atoms with Gasteiger partial charge in [-0.2, -0.15) is 0 Å². The zero-order chi connectivity index (χ0) is 11.0. The van der Waals surface area contributed by atoms with E-state index >= 15 is 0 Å². The standard InChI is InChI=1S/C9H18N2O3.ClH/c1-8(2,3)14-7(12)11-5-9(13,4-10)6-11;/h13H,4-6,10H2,1-3H3;1H. The molecule has 15 heavy (non-hydrogen) atoms. The highest BCUT2D eigenvalue weighted by atomic mass is 35.5. The maximum atomic E-state index is 11.4. The van der Waals surface area contributed by atoms with Crippen molar-refractivity contribution in [3.8, 4) is 0 Å². The summed E-state index contributed by atoms with van der Waals surface area (Å²) in [6.45, 7) is 6.11. The first kappa shape index (κ1) is 14.5. The molecule has 1 rings (SSSR count). The molecule has 0 atom stereocenters. The third-order valence-electron chi connectivity index (χ3n) is 2.00. The van der Waals surface area contributed by atoms with E-state index in [9.17, 15) is 9.90 Å². The second-order valence-corrected chi connectivity index (χ2v) is 4.76. The average Bonchev–Trinajstić information content (AvgIpc) is 1.95. The molecule has 1 aliphatic rings. The first-order chi connectivity index (χ1) is 6.26. The highest BCUT2D eigenvalue weighted by molar-refractivity contribution is 5.85. The van der Waals surface area contributed by atoms with Gasteiger partial charge in [0.15, 0.2) is 0 Å². The molecule has 1 amide bonds. The molecule has 0 saturated carbocycles. The molecule has 0 aromatic carbocycles. The molecule has 1 saturated heterocycles. The Hall–Kier alpha value is -0.520. The lowest BCUT2D eigenvalue weighted by Gasteiger charge is -2.45. The number of halogens is 1. The van der Waals surface area contributed by atoms with Gasteiger partial charge in [-0.1, -0.05) is 0 Å². The number of nitrogens with zero attached hydrogens (tertiary/aromatic N) is 1. The summed E-state index contributed by atoms with van der Waals surface area (Å²) in [5.41, 5.74) is 3.93. The van der Waals surface area contributed by atoms with Crippen LogP contribution in [0.2, 0.25) is 0 Å². The van der Waals surface area contributed by atoms with Crippen LogP contribution in [0, 0.1) is 0 Å². The largest absolute Gasteiger partial charge is 0.444 e. The van der Waals surface area contributed by atoms with E-state index in [0.717, 1.165) is 0 Å². The van der Waals surface area contributed by atoms with Gasteiger partial charge in [-0.05, 0) is 20.8 Å². The fourth-order valence-electron chi connectivity index (χ4n) is 1.25. The number of carbonyl (C=O) groups excluding carboxylic acids is 1. The number of hydrogen-bond acceptors (Lipinski definition) is 4. The summed E-state index contributed by atoms with van der Waals surface area (Å²) < 4.78 is 5.11. The van der Waals surface area contributed by atoms with Crippen LogP contribution in [0.4, 0.5) is 4.79 Å². The van der Waals surface area contributed by atoms with Crippen molar-refractivity contribution in [2.45, 2.75) is 32.0 Å². The van der Waals surface area contributed by atoms with E-state index in [2.05, 4.69) is 0 Å². The number of β-amino-alcohol motifs (C(OH)–C–C–N with tert-alkyl or cyclic N) is 1. The number of amides is 1. The van der Waals surface area contributed by atoms with Gasteiger partial charge in [-0.15, -0.1) is 12.4 Å². The molecule has 1 fully saturated rings. The summed E-state index contributed by atoms with van der Waals surface area (Å²) in [6, 6.07) is 0. The lowest BCUT2D eigenvalue weighted by Crippen LogP contribution is -2.67. The SMILES string of the molecule is CC(C)(C)OC(=O)N1CC(O)(CN)C1.Cl. The number of aliphatic hydroxyl groups is 1. The van der Waals surface area contributed by atoms with Crippen LogP contribution in [-0.2, 0) is 4.74 Å². The molecule has 0 aliphatic carbocycles. The van der Waals surface area contributed by atoms with E-state index in [1.807, 2.05) is 0 Å². The van der Waals surface area contributed by atoms with Crippen molar-refractivity contribution in [3.63, 3.8) is 0 Å². The highest BCUT2D eigenvalue weighted by Crippen LogP contribution is 2.22. The predicted octanol–water partition coefficient (Wildman–Crippen LogP) is 0.349. The summed E-state index contributed by atoms with van der Waals surface area (Å²) in [4.78, 5) is 12.8. The Morgan fingerprint density at radius 3 is 2.33 bits per heavy atom. The zero-order valence-corrected chi connectivity index (χ0v) is 10.1. The number of ether oxygens (including phenoxy) is 1. The zero-order valence-electron chi connectivity index (χ0n) is 9.32. The van der Waals surface area contributed by atoms with Gasteiger partial charge in [0.05, 0.1) is 13.1 Å². The molecule has 0 spiro atoms. The maximum absolute atomic E-state index is 11.4. The average molecular weight is 239 g/mol. The van der Waals surface area contributed by atoms with Gasteiger partial charge in [-0.3, -0.25) is 0 Å². The van der Waals surface area contributed by atoms with E-state index in [0.29, 0.717) is 0 Å². The topological polar surface area (TPSA) is 75.8 Å². The number of carbonyl (C=O) groups is 1. The van der Waals surface area contributed by atoms with Gasteiger partial charge in [0.25, 0.3) is 0 Å². The van der Waals surface area contributed by atoms with E-state index < -0.39 is 17.3 Å². The molecule has 1 heterocycles. The van der Waals surface area contributed by atoms with Crippen LogP contribution in [0.1, 0.15) is 20.8 Å². The predicted molar refractivity (Wildman–Crippen MR) is 59.1 cm³/mol. The van der Waals surface area contributed by atoms with E-state index in [1.165, 1.54) is 4.90 Å². The summed E-state index contributed by atoms with van der Waals surface area (Å²) in [5.74, 6) is 0. The Bertz CT molecular complexity index is 234. The summed E-state index contributed by atoms with van der Waals surface area (Å²) >= 11 is 0. The van der Waals surface area contributed by atoms with Crippen LogP contribution in [0.5, 0.6) is 0 Å². The molecular weight excluding hydrogens is 220 g/mol. The fraction of sp³-hybridized carbons (Fsp3) is 0.889. The van der Waals surface area contributed by atoms with Crippen molar-refractivity contribution >= 4 is 18.5 Å². The van der Waals surface area contributed by atoms with Crippen molar-refractivity contribution in [2.24, 2.45) is 5.73 Å². The molecule has 3 N–H and O–H groups in total. The van der Waals surface area contributed by atoms with Crippen LogP contribution in [0.25, 0.3) is 0 Å². The second-order valence-electron chi connectivity index (χ2n) is 4.76. The number of hydrogen-bond donors (Lipinski definition) is 2. The number of rotatable bonds is 1. The van der Waals surface area contributed by atoms with Crippen molar-refractivity contribution in [3.05, 3.63) is 0 Å². The summed E-state index contributed by atoms with van der Waals surface area (Å²) in [7, 11) is 0.